The summed E-state index contributed by atoms with van der Waals surface area (Å²) in [5.41, 5.74) is 3.40. The Labute approximate surface area is 119 Å². The number of aryl methyl sites for hydroxylation is 2. The average Bonchev–Trinajstić information content (AvgIpc) is 2.68. The lowest BCUT2D eigenvalue weighted by molar-refractivity contribution is 0.102. The minimum Gasteiger partial charge on any atom is -0.322 e. The van der Waals surface area contributed by atoms with Crippen LogP contribution in [0.1, 0.15) is 42.4 Å². The summed E-state index contributed by atoms with van der Waals surface area (Å²) in [7, 11) is 1.81. The minimum atomic E-state index is -0.123. The molecule has 0 aliphatic carbocycles. The van der Waals surface area contributed by atoms with Crippen molar-refractivity contribution in [2.75, 3.05) is 5.32 Å². The highest BCUT2D eigenvalue weighted by Gasteiger charge is 2.16. The number of rotatable bonds is 2. The first-order chi connectivity index (χ1) is 9.27. The number of nitrogens with zero attached hydrogens (tertiary/aromatic N) is 2. The second kappa shape index (κ2) is 5.12. The largest absolute Gasteiger partial charge is 0.322 e. The SMILES string of the molecule is Cc1nn(C)cc1C(=O)Nc1cccc(C(C)(C)C)c1. The first-order valence-electron chi connectivity index (χ1n) is 6.69. The van der Waals surface area contributed by atoms with Crippen molar-refractivity contribution < 1.29 is 4.79 Å². The van der Waals surface area contributed by atoms with Crippen molar-refractivity contribution in [3.8, 4) is 0 Å². The van der Waals surface area contributed by atoms with Gasteiger partial charge < -0.3 is 5.32 Å². The van der Waals surface area contributed by atoms with Crippen molar-refractivity contribution in [2.24, 2.45) is 7.05 Å². The standard InChI is InChI=1S/C16H21N3O/c1-11-14(10-19(5)18-11)15(20)17-13-8-6-7-12(9-13)16(2,3)4/h6-10H,1-5H3,(H,17,20). The van der Waals surface area contributed by atoms with Crippen LogP contribution in [0.25, 0.3) is 0 Å². The molecule has 0 spiro atoms. The summed E-state index contributed by atoms with van der Waals surface area (Å²) >= 11 is 0. The number of hydrogen-bond donors (Lipinski definition) is 1. The maximum Gasteiger partial charge on any atom is 0.259 e. The van der Waals surface area contributed by atoms with E-state index in [4.69, 9.17) is 0 Å². The van der Waals surface area contributed by atoms with Crippen LogP contribution in [0, 0.1) is 6.92 Å². The van der Waals surface area contributed by atoms with Crippen molar-refractivity contribution in [1.82, 2.24) is 9.78 Å². The van der Waals surface area contributed by atoms with Crippen molar-refractivity contribution in [3.63, 3.8) is 0 Å². The van der Waals surface area contributed by atoms with Crippen molar-refractivity contribution in [1.29, 1.82) is 0 Å². The molecular weight excluding hydrogens is 250 g/mol. The molecule has 1 N–H and O–H groups in total. The predicted octanol–water partition coefficient (Wildman–Crippen LogP) is 3.28. The van der Waals surface area contributed by atoms with Gasteiger partial charge in [-0.1, -0.05) is 32.9 Å². The predicted molar refractivity (Wildman–Crippen MR) is 81.0 cm³/mol. The summed E-state index contributed by atoms with van der Waals surface area (Å²) in [6.45, 7) is 8.29. The van der Waals surface area contributed by atoms with E-state index >= 15 is 0 Å². The third kappa shape index (κ3) is 3.07. The fraction of sp³-hybridized carbons (Fsp3) is 0.375. The molecule has 0 atom stereocenters. The molecule has 2 rings (SSSR count). The van der Waals surface area contributed by atoms with Crippen LogP contribution in [0.3, 0.4) is 0 Å². The molecule has 0 radical (unpaired) electrons. The molecule has 0 saturated carbocycles. The highest BCUT2D eigenvalue weighted by atomic mass is 16.1. The summed E-state index contributed by atoms with van der Waals surface area (Å²) in [4.78, 5) is 12.2. The first-order valence-corrected chi connectivity index (χ1v) is 6.69. The van der Waals surface area contributed by atoms with Gasteiger partial charge in [0.05, 0.1) is 11.3 Å². The molecular formula is C16H21N3O. The van der Waals surface area contributed by atoms with Crippen LogP contribution in [-0.2, 0) is 12.5 Å². The van der Waals surface area contributed by atoms with E-state index in [1.807, 2.05) is 32.2 Å². The number of hydrogen-bond acceptors (Lipinski definition) is 2. The minimum absolute atomic E-state index is 0.0605. The Morgan fingerprint density at radius 1 is 1.30 bits per heavy atom. The van der Waals surface area contributed by atoms with E-state index in [0.29, 0.717) is 5.56 Å². The van der Waals surface area contributed by atoms with Crippen molar-refractivity contribution in [3.05, 3.63) is 47.3 Å². The lowest BCUT2D eigenvalue weighted by atomic mass is 9.87. The molecule has 1 aromatic heterocycles. The van der Waals surface area contributed by atoms with Crippen LogP contribution in [0.15, 0.2) is 30.5 Å². The lowest BCUT2D eigenvalue weighted by Crippen LogP contribution is -2.15. The van der Waals surface area contributed by atoms with Crippen LogP contribution < -0.4 is 5.32 Å². The van der Waals surface area contributed by atoms with E-state index in [2.05, 4.69) is 37.3 Å². The fourth-order valence-electron chi connectivity index (χ4n) is 2.08. The lowest BCUT2D eigenvalue weighted by Gasteiger charge is -2.19. The third-order valence-electron chi connectivity index (χ3n) is 3.24. The topological polar surface area (TPSA) is 46.9 Å². The van der Waals surface area contributed by atoms with Gasteiger partial charge in [0, 0.05) is 18.9 Å². The number of carbonyl (C=O) groups excluding carboxylic acids is 1. The molecule has 1 aromatic carbocycles. The quantitative estimate of drug-likeness (QED) is 0.911. The van der Waals surface area contributed by atoms with E-state index in [0.717, 1.165) is 11.4 Å². The van der Waals surface area contributed by atoms with Gasteiger partial charge in [-0.15, -0.1) is 0 Å². The zero-order valence-electron chi connectivity index (χ0n) is 12.7. The molecule has 1 heterocycles. The molecule has 0 saturated heterocycles. The van der Waals surface area contributed by atoms with Gasteiger partial charge in [0.1, 0.15) is 0 Å². The number of aromatic nitrogens is 2. The average molecular weight is 271 g/mol. The zero-order valence-corrected chi connectivity index (χ0v) is 12.7. The molecule has 106 valence electrons. The van der Waals surface area contributed by atoms with Gasteiger partial charge in [-0.05, 0) is 30.0 Å². The number of carbonyl (C=O) groups is 1. The van der Waals surface area contributed by atoms with Gasteiger partial charge in [-0.2, -0.15) is 5.10 Å². The Hall–Kier alpha value is -2.10. The maximum absolute atomic E-state index is 12.2. The van der Waals surface area contributed by atoms with Crippen LogP contribution in [-0.4, -0.2) is 15.7 Å². The van der Waals surface area contributed by atoms with Gasteiger partial charge in [0.15, 0.2) is 0 Å². The van der Waals surface area contributed by atoms with Gasteiger partial charge in [-0.25, -0.2) is 0 Å². The first kappa shape index (κ1) is 14.3. The third-order valence-corrected chi connectivity index (χ3v) is 3.24. The molecule has 0 unspecified atom stereocenters. The van der Waals surface area contributed by atoms with Crippen LogP contribution in [0.4, 0.5) is 5.69 Å². The highest BCUT2D eigenvalue weighted by molar-refractivity contribution is 6.04. The Morgan fingerprint density at radius 3 is 2.55 bits per heavy atom. The van der Waals surface area contributed by atoms with E-state index < -0.39 is 0 Å². The van der Waals surface area contributed by atoms with Gasteiger partial charge >= 0.3 is 0 Å². The Kier molecular flexibility index (Phi) is 3.66. The molecule has 0 bridgehead atoms. The molecule has 0 fully saturated rings. The van der Waals surface area contributed by atoms with Crippen molar-refractivity contribution >= 4 is 11.6 Å². The van der Waals surface area contributed by atoms with Crippen LogP contribution >= 0.6 is 0 Å². The summed E-state index contributed by atoms with van der Waals surface area (Å²) in [6.07, 6.45) is 1.73. The highest BCUT2D eigenvalue weighted by Crippen LogP contribution is 2.24. The summed E-state index contributed by atoms with van der Waals surface area (Å²) in [5, 5.41) is 7.12. The molecule has 20 heavy (non-hydrogen) atoms. The van der Waals surface area contributed by atoms with Crippen molar-refractivity contribution in [2.45, 2.75) is 33.1 Å². The molecule has 0 aliphatic rings. The van der Waals surface area contributed by atoms with Gasteiger partial charge in [-0.3, -0.25) is 9.48 Å². The summed E-state index contributed by atoms with van der Waals surface area (Å²) in [6, 6.07) is 7.96. The molecule has 4 nitrogen and oxygen atoms in total. The molecule has 1 amide bonds. The number of anilines is 1. The van der Waals surface area contributed by atoms with E-state index in [-0.39, 0.29) is 11.3 Å². The number of nitrogens with one attached hydrogen (secondary N) is 1. The van der Waals surface area contributed by atoms with E-state index in [1.165, 1.54) is 5.56 Å². The van der Waals surface area contributed by atoms with Crippen LogP contribution in [0.2, 0.25) is 0 Å². The smallest absolute Gasteiger partial charge is 0.259 e. The second-order valence-corrected chi connectivity index (χ2v) is 6.09. The maximum atomic E-state index is 12.2. The summed E-state index contributed by atoms with van der Waals surface area (Å²) in [5.74, 6) is -0.123. The van der Waals surface area contributed by atoms with E-state index in [9.17, 15) is 4.79 Å². The summed E-state index contributed by atoms with van der Waals surface area (Å²) < 4.78 is 1.65. The number of benzene rings is 1. The molecule has 4 heteroatoms. The Morgan fingerprint density at radius 2 is 2.00 bits per heavy atom. The fourth-order valence-corrected chi connectivity index (χ4v) is 2.08. The van der Waals surface area contributed by atoms with Crippen LogP contribution in [0.5, 0.6) is 0 Å². The van der Waals surface area contributed by atoms with E-state index in [1.54, 1.807) is 10.9 Å². The normalized spacial score (nSPS) is 11.4. The van der Waals surface area contributed by atoms with Gasteiger partial charge in [0.2, 0.25) is 0 Å². The Bertz CT molecular complexity index is 635. The molecule has 2 aromatic rings. The zero-order chi connectivity index (χ0) is 14.9. The Balaban J connectivity index is 2.22. The molecule has 0 aliphatic heterocycles. The number of amides is 1. The van der Waals surface area contributed by atoms with Gasteiger partial charge in [0.25, 0.3) is 5.91 Å². The monoisotopic (exact) mass is 271 g/mol. The second-order valence-electron chi connectivity index (χ2n) is 6.09.